The molecule has 1 N–H and O–H groups in total. The minimum atomic E-state index is -0.884. The monoisotopic (exact) mass is 742 g/mol. The van der Waals surface area contributed by atoms with Crippen LogP contribution in [0.2, 0.25) is 0 Å². The first-order valence-electron chi connectivity index (χ1n) is 19.0. The first-order valence-corrected chi connectivity index (χ1v) is 19.0. The normalized spacial score (nSPS) is 17.6. The van der Waals surface area contributed by atoms with Crippen LogP contribution in [0.3, 0.4) is 0 Å². The number of amides is 1. The van der Waals surface area contributed by atoms with Crippen LogP contribution in [-0.2, 0) is 21.5 Å². The Morgan fingerprint density at radius 2 is 1.76 bits per heavy atom. The molecule has 7 rings (SSSR count). The van der Waals surface area contributed by atoms with Gasteiger partial charge in [0.05, 0.1) is 35.5 Å². The van der Waals surface area contributed by atoms with Crippen molar-refractivity contribution < 1.29 is 43.0 Å². The predicted molar refractivity (Wildman–Crippen MR) is 204 cm³/mol. The summed E-state index contributed by atoms with van der Waals surface area (Å²) >= 11 is 0. The second-order valence-corrected chi connectivity index (χ2v) is 14.1. The number of likely N-dealkylation sites (tertiary alicyclic amines) is 1. The fourth-order valence-corrected chi connectivity index (χ4v) is 7.82. The molecular weight excluding hydrogens is 693 g/mol. The number of hydrogen-bond acceptors (Lipinski definition) is 10. The first-order chi connectivity index (χ1) is 26.4. The van der Waals surface area contributed by atoms with E-state index in [0.717, 1.165) is 75.5 Å². The van der Waals surface area contributed by atoms with Gasteiger partial charge in [-0.05, 0) is 92.0 Å². The minimum Gasteiger partial charge on any atom is -0.493 e. The van der Waals surface area contributed by atoms with E-state index in [4.69, 9.17) is 19.6 Å². The Morgan fingerprint density at radius 1 is 0.927 bits per heavy atom. The molecule has 2 fully saturated rings. The van der Waals surface area contributed by atoms with E-state index in [1.165, 1.54) is 16.6 Å². The zero-order valence-electron chi connectivity index (χ0n) is 31.9. The number of ether oxygens (including phenoxy) is 2. The number of fused-ring (bicyclic) bond motifs is 1. The van der Waals surface area contributed by atoms with Gasteiger partial charge in [0, 0.05) is 57.7 Å². The average Bonchev–Trinajstić information content (AvgIpc) is 3.94. The molecule has 2 saturated heterocycles. The fourth-order valence-electron chi connectivity index (χ4n) is 7.82. The van der Waals surface area contributed by atoms with Crippen molar-refractivity contribution in [2.45, 2.75) is 51.0 Å². The number of hydrogen-bond donors (Lipinski definition) is 1. The second kappa shape index (κ2) is 18.7. The molecule has 3 aromatic carbocycles. The molecule has 0 saturated carbocycles. The van der Waals surface area contributed by atoms with Crippen molar-refractivity contribution in [3.05, 3.63) is 90.3 Å². The molecule has 0 aliphatic carbocycles. The summed E-state index contributed by atoms with van der Waals surface area (Å²) in [7, 11) is 0. The number of rotatable bonds is 16. The van der Waals surface area contributed by atoms with Crippen LogP contribution in [-0.4, -0.2) is 122 Å². The van der Waals surface area contributed by atoms with E-state index >= 15 is 0 Å². The van der Waals surface area contributed by atoms with Gasteiger partial charge >= 0.3 is 24.8 Å². The SMILES string of the molecule is CCOCCn1c(N2CCCN(CCC3(c4ccccc4)CCN(C(=O)c4cc(-n5cnnn5)ccc4OCCCC(=O)O)C3)CC2)nc2ccccc21.[Li+]. The number of aromatic nitrogens is 6. The quantitative estimate of drug-likeness (QED) is 0.117. The molecule has 1 atom stereocenters. The van der Waals surface area contributed by atoms with Gasteiger partial charge in [0.1, 0.15) is 12.1 Å². The predicted octanol–water partition coefficient (Wildman–Crippen LogP) is 1.68. The molecule has 2 aliphatic heterocycles. The Labute approximate surface area is 333 Å². The molecule has 2 aliphatic rings. The molecule has 15 heteroatoms. The summed E-state index contributed by atoms with van der Waals surface area (Å²) in [6, 6.07) is 24.2. The Morgan fingerprint density at radius 3 is 2.56 bits per heavy atom. The number of carbonyl (C=O) groups is 2. The number of anilines is 1. The number of nitrogens with zero attached hydrogens (tertiary/aromatic N) is 9. The second-order valence-electron chi connectivity index (χ2n) is 14.1. The summed E-state index contributed by atoms with van der Waals surface area (Å²) in [6.07, 6.45) is 4.59. The first kappa shape index (κ1) is 39.9. The molecule has 5 aromatic rings. The molecular formula is C40H49LiN9O5+. The summed E-state index contributed by atoms with van der Waals surface area (Å²) in [6.45, 7) is 10.1. The molecule has 0 spiro atoms. The van der Waals surface area contributed by atoms with Gasteiger partial charge in [0.25, 0.3) is 5.91 Å². The van der Waals surface area contributed by atoms with E-state index in [-0.39, 0.29) is 43.2 Å². The number of benzene rings is 3. The summed E-state index contributed by atoms with van der Waals surface area (Å²) < 4.78 is 15.6. The van der Waals surface area contributed by atoms with Crippen LogP contribution in [0.5, 0.6) is 5.75 Å². The van der Waals surface area contributed by atoms with Crippen molar-refractivity contribution in [1.82, 2.24) is 39.6 Å². The third kappa shape index (κ3) is 9.39. The maximum atomic E-state index is 14.4. The van der Waals surface area contributed by atoms with Crippen molar-refractivity contribution in [1.29, 1.82) is 0 Å². The number of aliphatic carboxylic acids is 1. The summed E-state index contributed by atoms with van der Waals surface area (Å²) in [5.74, 6) is 0.413. The number of tetrazole rings is 1. The largest absolute Gasteiger partial charge is 1.00 e. The van der Waals surface area contributed by atoms with E-state index in [1.54, 1.807) is 18.2 Å². The zero-order chi connectivity index (χ0) is 37.3. The van der Waals surface area contributed by atoms with Gasteiger partial charge in [-0.15, -0.1) is 5.10 Å². The van der Waals surface area contributed by atoms with Crippen molar-refractivity contribution in [3.8, 4) is 11.4 Å². The molecule has 284 valence electrons. The molecule has 55 heavy (non-hydrogen) atoms. The number of carbonyl (C=O) groups excluding carboxylic acids is 1. The fraction of sp³-hybridized carbons (Fsp3) is 0.450. The zero-order valence-corrected chi connectivity index (χ0v) is 31.9. The maximum absolute atomic E-state index is 14.4. The summed E-state index contributed by atoms with van der Waals surface area (Å²) in [4.78, 5) is 37.5. The Balaban J connectivity index is 0.00000514. The van der Waals surface area contributed by atoms with Crippen LogP contribution in [0.15, 0.2) is 79.1 Å². The molecule has 1 amide bonds. The number of carboxylic acids is 1. The third-order valence-corrected chi connectivity index (χ3v) is 10.7. The Bertz CT molecular complexity index is 2010. The summed E-state index contributed by atoms with van der Waals surface area (Å²) in [5.41, 5.74) is 4.21. The van der Waals surface area contributed by atoms with E-state index in [2.05, 4.69) is 72.4 Å². The molecule has 0 bridgehead atoms. The minimum absolute atomic E-state index is 0. The van der Waals surface area contributed by atoms with Gasteiger partial charge < -0.3 is 33.8 Å². The average molecular weight is 743 g/mol. The molecule has 0 radical (unpaired) electrons. The Hall–Kier alpha value is -4.74. The van der Waals surface area contributed by atoms with Gasteiger partial charge in [0.15, 0.2) is 0 Å². The smallest absolute Gasteiger partial charge is 0.493 e. The summed E-state index contributed by atoms with van der Waals surface area (Å²) in [5, 5.41) is 20.6. The van der Waals surface area contributed by atoms with Crippen molar-refractivity contribution in [2.75, 3.05) is 70.5 Å². The topological polar surface area (TPSA) is 144 Å². The van der Waals surface area contributed by atoms with Crippen LogP contribution >= 0.6 is 0 Å². The van der Waals surface area contributed by atoms with Crippen LogP contribution in [0.4, 0.5) is 5.95 Å². The van der Waals surface area contributed by atoms with Crippen LogP contribution in [0, 0.1) is 0 Å². The van der Waals surface area contributed by atoms with Crippen LogP contribution in [0.25, 0.3) is 16.7 Å². The number of imidazole rings is 1. The van der Waals surface area contributed by atoms with Gasteiger partial charge in [-0.1, -0.05) is 42.5 Å². The van der Waals surface area contributed by atoms with Crippen LogP contribution < -0.4 is 28.5 Å². The van der Waals surface area contributed by atoms with E-state index < -0.39 is 5.97 Å². The molecule has 2 aromatic heterocycles. The maximum Gasteiger partial charge on any atom is 1.00 e. The molecule has 1 unspecified atom stereocenters. The molecule has 4 heterocycles. The molecule has 14 nitrogen and oxygen atoms in total. The Kier molecular flexibility index (Phi) is 13.6. The van der Waals surface area contributed by atoms with Gasteiger partial charge in [-0.3, -0.25) is 9.59 Å². The number of carboxylic acid groups (broad SMARTS) is 1. The van der Waals surface area contributed by atoms with Crippen molar-refractivity contribution >= 4 is 28.9 Å². The standard InChI is InChI=1S/C40H49N9O5.Li/c1-2-53-27-25-48-35-13-7-6-12-34(35)42-39(48)46-20-9-19-45(23-24-46)21-17-40(31-10-4-3-5-11-31)18-22-47(29-40)38(52)33-28-32(49-30-41-43-44-49)15-16-36(33)54-26-8-14-37(50)51;/h3-7,10-13,15-16,28,30H,2,8-9,14,17-27,29H2,1H3,(H,50,51);/q;+1. The van der Waals surface area contributed by atoms with Gasteiger partial charge in [-0.2, -0.15) is 0 Å². The van der Waals surface area contributed by atoms with Gasteiger partial charge in [0.2, 0.25) is 5.95 Å². The van der Waals surface area contributed by atoms with E-state index in [0.29, 0.717) is 49.7 Å². The third-order valence-electron chi connectivity index (χ3n) is 10.7. The van der Waals surface area contributed by atoms with Crippen molar-refractivity contribution in [2.24, 2.45) is 0 Å². The van der Waals surface area contributed by atoms with E-state index in [9.17, 15) is 9.59 Å². The number of para-hydroxylation sites is 2. The van der Waals surface area contributed by atoms with Crippen molar-refractivity contribution in [3.63, 3.8) is 0 Å². The van der Waals surface area contributed by atoms with E-state index in [1.807, 2.05) is 24.0 Å². The van der Waals surface area contributed by atoms with Crippen LogP contribution in [0.1, 0.15) is 54.9 Å². The van der Waals surface area contributed by atoms with Gasteiger partial charge in [-0.25, -0.2) is 9.67 Å².